The molecule has 2 fully saturated rings. The highest BCUT2D eigenvalue weighted by atomic mass is 15.2. The number of fused-ring (bicyclic) bond motifs is 2. The minimum atomic E-state index is 0.806. The summed E-state index contributed by atoms with van der Waals surface area (Å²) in [4.78, 5) is 2.63. The molecule has 108 valence electrons. The monoisotopic (exact) mass is 262 g/mol. The van der Waals surface area contributed by atoms with Crippen LogP contribution in [0.2, 0.25) is 0 Å². The first-order valence-corrected chi connectivity index (χ1v) is 8.63. The molecule has 2 nitrogen and oxygen atoms in total. The molecule has 0 bridgehead atoms. The molecule has 2 unspecified atom stereocenters. The van der Waals surface area contributed by atoms with Crippen LogP contribution in [0, 0.1) is 5.92 Å². The molecule has 2 aliphatic heterocycles. The molecule has 2 heteroatoms. The lowest BCUT2D eigenvalue weighted by Gasteiger charge is -2.20. The molecule has 0 aromatic heterocycles. The third kappa shape index (κ3) is 3.90. The highest BCUT2D eigenvalue weighted by Gasteiger charge is 2.35. The van der Waals surface area contributed by atoms with Crippen molar-refractivity contribution in [2.45, 2.75) is 76.7 Å². The minimum absolute atomic E-state index is 0.806. The van der Waals surface area contributed by atoms with Gasteiger partial charge in [-0.1, -0.05) is 38.5 Å². The SMILES string of the molecule is C1=C2CCCN2CCCCCCCCCC2CC2N1. The summed E-state index contributed by atoms with van der Waals surface area (Å²) < 4.78 is 0. The third-order valence-electron chi connectivity index (χ3n) is 5.16. The zero-order valence-corrected chi connectivity index (χ0v) is 12.4. The smallest absolute Gasteiger partial charge is 0.0293 e. The molecule has 0 spiro atoms. The molecular formula is C17H30N2. The van der Waals surface area contributed by atoms with Crippen LogP contribution in [0.1, 0.15) is 70.6 Å². The predicted molar refractivity (Wildman–Crippen MR) is 80.9 cm³/mol. The van der Waals surface area contributed by atoms with Crippen molar-refractivity contribution in [2.24, 2.45) is 5.92 Å². The van der Waals surface area contributed by atoms with E-state index < -0.39 is 0 Å². The number of allylic oxidation sites excluding steroid dienone is 1. The number of hydrogen-bond acceptors (Lipinski definition) is 2. The molecule has 1 aliphatic carbocycles. The normalized spacial score (nSPS) is 33.3. The van der Waals surface area contributed by atoms with Crippen LogP contribution in [0.25, 0.3) is 0 Å². The lowest BCUT2D eigenvalue weighted by atomic mass is 10.1. The van der Waals surface area contributed by atoms with E-state index in [1.54, 1.807) is 5.70 Å². The summed E-state index contributed by atoms with van der Waals surface area (Å²) in [6, 6.07) is 0.806. The lowest BCUT2D eigenvalue weighted by Crippen LogP contribution is -2.21. The number of nitrogens with one attached hydrogen (secondary N) is 1. The fourth-order valence-corrected chi connectivity index (χ4v) is 3.74. The van der Waals surface area contributed by atoms with Crippen LogP contribution < -0.4 is 5.32 Å². The molecule has 1 saturated carbocycles. The summed E-state index contributed by atoms with van der Waals surface area (Å²) in [6.45, 7) is 2.59. The molecule has 3 aliphatic rings. The topological polar surface area (TPSA) is 15.3 Å². The molecule has 1 saturated heterocycles. The molecule has 0 aromatic carbocycles. The van der Waals surface area contributed by atoms with E-state index in [0.717, 1.165) is 12.0 Å². The minimum Gasteiger partial charge on any atom is -0.386 e. The summed E-state index contributed by atoms with van der Waals surface area (Å²) in [5.41, 5.74) is 1.58. The molecule has 3 rings (SSSR count). The van der Waals surface area contributed by atoms with Gasteiger partial charge in [0.1, 0.15) is 0 Å². The van der Waals surface area contributed by atoms with Crippen LogP contribution in [-0.4, -0.2) is 24.0 Å². The highest BCUT2D eigenvalue weighted by Crippen LogP contribution is 2.36. The Labute approximate surface area is 118 Å². The van der Waals surface area contributed by atoms with E-state index in [-0.39, 0.29) is 0 Å². The summed E-state index contributed by atoms with van der Waals surface area (Å²) in [5.74, 6) is 0.983. The van der Waals surface area contributed by atoms with Gasteiger partial charge >= 0.3 is 0 Å². The average Bonchev–Trinajstić information content (AvgIpc) is 3.01. The van der Waals surface area contributed by atoms with Gasteiger partial charge in [0.15, 0.2) is 0 Å². The number of nitrogens with zero attached hydrogens (tertiary/aromatic N) is 1. The Morgan fingerprint density at radius 3 is 2.53 bits per heavy atom. The van der Waals surface area contributed by atoms with Crippen LogP contribution in [0.3, 0.4) is 0 Å². The molecule has 0 amide bonds. The summed E-state index contributed by atoms with van der Waals surface area (Å²) in [7, 11) is 0. The summed E-state index contributed by atoms with van der Waals surface area (Å²) in [5, 5.41) is 3.69. The van der Waals surface area contributed by atoms with Gasteiger partial charge in [-0.05, 0) is 38.0 Å². The van der Waals surface area contributed by atoms with Crippen LogP contribution in [-0.2, 0) is 0 Å². The molecule has 1 N–H and O–H groups in total. The van der Waals surface area contributed by atoms with Gasteiger partial charge < -0.3 is 10.2 Å². The first-order valence-electron chi connectivity index (χ1n) is 8.63. The van der Waals surface area contributed by atoms with Crippen molar-refractivity contribution in [3.63, 3.8) is 0 Å². The molecule has 2 atom stereocenters. The number of rotatable bonds is 0. The molecule has 0 aromatic rings. The maximum Gasteiger partial charge on any atom is 0.0293 e. The van der Waals surface area contributed by atoms with Crippen molar-refractivity contribution in [3.8, 4) is 0 Å². The standard InChI is InChI=1S/C17H30N2/c1-2-4-6-9-15-13-17(15)18-14-16-10-8-12-19(16)11-7-5-3-1/h14-15,17-18H,1-13H2. The van der Waals surface area contributed by atoms with Gasteiger partial charge in [0.25, 0.3) is 0 Å². The Bertz CT molecular complexity index is 310. The predicted octanol–water partition coefficient (Wildman–Crippen LogP) is 4.04. The largest absolute Gasteiger partial charge is 0.386 e. The maximum atomic E-state index is 3.69. The number of hydrogen-bond donors (Lipinski definition) is 1. The van der Waals surface area contributed by atoms with E-state index in [1.165, 1.54) is 83.7 Å². The van der Waals surface area contributed by atoms with Crippen molar-refractivity contribution in [1.29, 1.82) is 0 Å². The average molecular weight is 262 g/mol. The quantitative estimate of drug-likeness (QED) is 0.709. The van der Waals surface area contributed by atoms with Gasteiger partial charge in [0.2, 0.25) is 0 Å². The summed E-state index contributed by atoms with van der Waals surface area (Å²) >= 11 is 0. The first kappa shape index (κ1) is 13.3. The van der Waals surface area contributed by atoms with Gasteiger partial charge in [-0.3, -0.25) is 0 Å². The van der Waals surface area contributed by atoms with E-state index in [1.807, 2.05) is 0 Å². The molecule has 19 heavy (non-hydrogen) atoms. The van der Waals surface area contributed by atoms with E-state index in [2.05, 4.69) is 16.4 Å². The van der Waals surface area contributed by atoms with Gasteiger partial charge in [-0.15, -0.1) is 0 Å². The van der Waals surface area contributed by atoms with Crippen LogP contribution in [0.5, 0.6) is 0 Å². The third-order valence-corrected chi connectivity index (χ3v) is 5.16. The van der Waals surface area contributed by atoms with Gasteiger partial charge in [-0.2, -0.15) is 0 Å². The van der Waals surface area contributed by atoms with E-state index in [0.29, 0.717) is 0 Å². The van der Waals surface area contributed by atoms with Crippen molar-refractivity contribution in [2.75, 3.05) is 13.1 Å². The Kier molecular flexibility index (Phi) is 4.68. The zero-order valence-electron chi connectivity index (χ0n) is 12.4. The highest BCUT2D eigenvalue weighted by molar-refractivity contribution is 5.08. The van der Waals surface area contributed by atoms with Crippen LogP contribution in [0.4, 0.5) is 0 Å². The van der Waals surface area contributed by atoms with Crippen molar-refractivity contribution < 1.29 is 0 Å². The van der Waals surface area contributed by atoms with E-state index in [9.17, 15) is 0 Å². The van der Waals surface area contributed by atoms with Crippen molar-refractivity contribution in [3.05, 3.63) is 11.9 Å². The lowest BCUT2D eigenvalue weighted by molar-refractivity contribution is 0.373. The van der Waals surface area contributed by atoms with E-state index >= 15 is 0 Å². The second-order valence-electron chi connectivity index (χ2n) is 6.76. The molecule has 2 heterocycles. The Morgan fingerprint density at radius 1 is 0.895 bits per heavy atom. The van der Waals surface area contributed by atoms with Crippen LogP contribution in [0.15, 0.2) is 11.9 Å². The van der Waals surface area contributed by atoms with E-state index in [4.69, 9.17) is 0 Å². The Balaban J connectivity index is 1.53. The molecular weight excluding hydrogens is 232 g/mol. The van der Waals surface area contributed by atoms with Crippen molar-refractivity contribution >= 4 is 0 Å². The summed E-state index contributed by atoms with van der Waals surface area (Å²) in [6.07, 6.45) is 18.1. The van der Waals surface area contributed by atoms with Gasteiger partial charge in [-0.25, -0.2) is 0 Å². The second kappa shape index (κ2) is 6.67. The first-order chi connectivity index (χ1) is 9.43. The fraction of sp³-hybridized carbons (Fsp3) is 0.882. The van der Waals surface area contributed by atoms with Gasteiger partial charge in [0, 0.05) is 31.0 Å². The van der Waals surface area contributed by atoms with Crippen LogP contribution >= 0.6 is 0 Å². The maximum absolute atomic E-state index is 3.69. The fourth-order valence-electron chi connectivity index (χ4n) is 3.74. The Hall–Kier alpha value is -0.660. The molecule has 0 radical (unpaired) electrons. The van der Waals surface area contributed by atoms with Gasteiger partial charge in [0.05, 0.1) is 0 Å². The second-order valence-corrected chi connectivity index (χ2v) is 6.76. The Morgan fingerprint density at radius 2 is 1.63 bits per heavy atom. The van der Waals surface area contributed by atoms with Crippen molar-refractivity contribution in [1.82, 2.24) is 10.2 Å². The zero-order chi connectivity index (χ0) is 12.9.